The number of rotatable bonds is 4. The molecule has 0 atom stereocenters. The molecule has 22 heavy (non-hydrogen) atoms. The minimum atomic E-state index is 0.0160. The average molecular weight is 292 g/mol. The third-order valence-corrected chi connectivity index (χ3v) is 3.86. The molecule has 0 bridgehead atoms. The van der Waals surface area contributed by atoms with Gasteiger partial charge in [-0.05, 0) is 43.2 Å². The van der Waals surface area contributed by atoms with E-state index in [0.717, 1.165) is 41.9 Å². The van der Waals surface area contributed by atoms with E-state index in [1.165, 1.54) is 0 Å². The molecule has 0 N–H and O–H groups in total. The van der Waals surface area contributed by atoms with Crippen LogP contribution < -0.4 is 5.56 Å². The molecule has 0 aliphatic carbocycles. The van der Waals surface area contributed by atoms with E-state index < -0.39 is 0 Å². The van der Waals surface area contributed by atoms with Crippen LogP contribution >= 0.6 is 0 Å². The summed E-state index contributed by atoms with van der Waals surface area (Å²) in [5, 5.41) is 0.671. The quantitative estimate of drug-likeness (QED) is 0.727. The maximum absolute atomic E-state index is 12.9. The fraction of sp³-hybridized carbons (Fsp3) is 0.263. The van der Waals surface area contributed by atoms with E-state index in [2.05, 4.69) is 6.92 Å². The fourth-order valence-electron chi connectivity index (χ4n) is 2.71. The monoisotopic (exact) mass is 292 g/mol. The number of benzene rings is 2. The zero-order chi connectivity index (χ0) is 15.5. The molecule has 0 fully saturated rings. The molecular formula is C19H20N2O. The SMILES string of the molecule is CCCCc1nc2ccccc2c(=O)n1-c1cccc(C)c1. The Morgan fingerprint density at radius 3 is 2.68 bits per heavy atom. The lowest BCUT2D eigenvalue weighted by molar-refractivity contribution is 0.720. The van der Waals surface area contributed by atoms with Gasteiger partial charge in [0, 0.05) is 6.42 Å². The summed E-state index contributed by atoms with van der Waals surface area (Å²) in [5.41, 5.74) is 2.83. The predicted molar refractivity (Wildman–Crippen MR) is 90.7 cm³/mol. The third-order valence-electron chi connectivity index (χ3n) is 3.86. The molecule has 3 aromatic rings. The number of aromatic nitrogens is 2. The van der Waals surface area contributed by atoms with Gasteiger partial charge in [-0.15, -0.1) is 0 Å². The first-order valence-corrected chi connectivity index (χ1v) is 7.78. The Labute approximate surface area is 130 Å². The molecule has 0 unspecified atom stereocenters. The van der Waals surface area contributed by atoms with Gasteiger partial charge in [0.15, 0.2) is 0 Å². The van der Waals surface area contributed by atoms with Gasteiger partial charge in [-0.3, -0.25) is 9.36 Å². The van der Waals surface area contributed by atoms with E-state index in [9.17, 15) is 4.79 Å². The molecule has 3 rings (SSSR count). The van der Waals surface area contributed by atoms with Crippen molar-refractivity contribution in [1.29, 1.82) is 0 Å². The second-order valence-corrected chi connectivity index (χ2v) is 5.63. The Balaban J connectivity index is 2.29. The number of hydrogen-bond acceptors (Lipinski definition) is 2. The van der Waals surface area contributed by atoms with Gasteiger partial charge in [0.25, 0.3) is 5.56 Å². The van der Waals surface area contributed by atoms with E-state index in [0.29, 0.717) is 5.39 Å². The first kappa shape index (κ1) is 14.5. The first-order valence-electron chi connectivity index (χ1n) is 7.78. The van der Waals surface area contributed by atoms with Crippen LogP contribution in [0.3, 0.4) is 0 Å². The van der Waals surface area contributed by atoms with Crippen LogP contribution in [0.25, 0.3) is 16.6 Å². The van der Waals surface area contributed by atoms with Crippen LogP contribution in [0, 0.1) is 6.92 Å². The molecule has 3 nitrogen and oxygen atoms in total. The van der Waals surface area contributed by atoms with Gasteiger partial charge >= 0.3 is 0 Å². The highest BCUT2D eigenvalue weighted by Crippen LogP contribution is 2.15. The first-order chi connectivity index (χ1) is 10.7. The van der Waals surface area contributed by atoms with Crippen molar-refractivity contribution in [2.45, 2.75) is 33.1 Å². The number of aryl methyl sites for hydroxylation is 2. The number of hydrogen-bond donors (Lipinski definition) is 0. The molecule has 0 aliphatic heterocycles. The van der Waals surface area contributed by atoms with Gasteiger partial charge in [0.2, 0.25) is 0 Å². The van der Waals surface area contributed by atoms with E-state index in [-0.39, 0.29) is 5.56 Å². The molecular weight excluding hydrogens is 272 g/mol. The second-order valence-electron chi connectivity index (χ2n) is 5.63. The van der Waals surface area contributed by atoms with Crippen molar-refractivity contribution in [1.82, 2.24) is 9.55 Å². The highest BCUT2D eigenvalue weighted by molar-refractivity contribution is 5.77. The Bertz CT molecular complexity index is 865. The molecule has 0 saturated heterocycles. The van der Waals surface area contributed by atoms with Crippen LogP contribution in [0.2, 0.25) is 0 Å². The van der Waals surface area contributed by atoms with E-state index in [1.54, 1.807) is 4.57 Å². The van der Waals surface area contributed by atoms with Gasteiger partial charge in [-0.2, -0.15) is 0 Å². The van der Waals surface area contributed by atoms with Gasteiger partial charge in [0.05, 0.1) is 16.6 Å². The standard InChI is InChI=1S/C19H20N2O/c1-3-4-12-18-20-17-11-6-5-10-16(17)19(22)21(18)15-9-7-8-14(2)13-15/h5-11,13H,3-4,12H2,1-2H3. The lowest BCUT2D eigenvalue weighted by Gasteiger charge is -2.14. The minimum absolute atomic E-state index is 0.0160. The molecule has 3 heteroatoms. The molecule has 1 aromatic heterocycles. The molecule has 0 spiro atoms. The largest absolute Gasteiger partial charge is 0.268 e. The minimum Gasteiger partial charge on any atom is -0.268 e. The molecule has 0 saturated carbocycles. The number of para-hydroxylation sites is 1. The maximum atomic E-state index is 12.9. The summed E-state index contributed by atoms with van der Waals surface area (Å²) in [6.45, 7) is 4.19. The maximum Gasteiger partial charge on any atom is 0.265 e. The van der Waals surface area contributed by atoms with Crippen molar-refractivity contribution in [3.8, 4) is 5.69 Å². The Morgan fingerprint density at radius 2 is 1.91 bits per heavy atom. The van der Waals surface area contributed by atoms with Crippen LogP contribution in [0.15, 0.2) is 53.3 Å². The van der Waals surface area contributed by atoms with E-state index >= 15 is 0 Å². The summed E-state index contributed by atoms with van der Waals surface area (Å²) in [6, 6.07) is 15.6. The van der Waals surface area contributed by atoms with Crippen LogP contribution in [-0.2, 0) is 6.42 Å². The Hall–Kier alpha value is -2.42. The lowest BCUT2D eigenvalue weighted by atomic mass is 10.1. The van der Waals surface area contributed by atoms with Gasteiger partial charge in [0.1, 0.15) is 5.82 Å². The number of nitrogens with zero attached hydrogens (tertiary/aromatic N) is 2. The summed E-state index contributed by atoms with van der Waals surface area (Å²) in [7, 11) is 0. The van der Waals surface area contributed by atoms with Gasteiger partial charge in [-0.25, -0.2) is 4.98 Å². The topological polar surface area (TPSA) is 34.9 Å². The Morgan fingerprint density at radius 1 is 1.09 bits per heavy atom. The molecule has 2 aromatic carbocycles. The third kappa shape index (κ3) is 2.67. The Kier molecular flexibility index (Phi) is 4.05. The van der Waals surface area contributed by atoms with Gasteiger partial charge < -0.3 is 0 Å². The van der Waals surface area contributed by atoms with Crippen molar-refractivity contribution in [2.75, 3.05) is 0 Å². The van der Waals surface area contributed by atoms with Crippen molar-refractivity contribution in [3.63, 3.8) is 0 Å². The van der Waals surface area contributed by atoms with Crippen molar-refractivity contribution >= 4 is 10.9 Å². The van der Waals surface area contributed by atoms with Crippen molar-refractivity contribution in [3.05, 3.63) is 70.3 Å². The van der Waals surface area contributed by atoms with Crippen molar-refractivity contribution in [2.24, 2.45) is 0 Å². The van der Waals surface area contributed by atoms with Crippen molar-refractivity contribution < 1.29 is 0 Å². The smallest absolute Gasteiger partial charge is 0.265 e. The average Bonchev–Trinajstić information content (AvgIpc) is 2.53. The van der Waals surface area contributed by atoms with Crippen LogP contribution in [0.1, 0.15) is 31.2 Å². The van der Waals surface area contributed by atoms with Crippen LogP contribution in [0.4, 0.5) is 0 Å². The lowest BCUT2D eigenvalue weighted by Crippen LogP contribution is -2.24. The predicted octanol–water partition coefficient (Wildman–Crippen LogP) is 4.04. The summed E-state index contributed by atoms with van der Waals surface area (Å²) < 4.78 is 1.77. The number of unbranched alkanes of at least 4 members (excludes halogenated alkanes) is 1. The van der Waals surface area contributed by atoms with E-state index in [4.69, 9.17) is 4.98 Å². The van der Waals surface area contributed by atoms with Gasteiger partial charge in [-0.1, -0.05) is 37.6 Å². The molecule has 0 aliphatic rings. The fourth-order valence-corrected chi connectivity index (χ4v) is 2.71. The second kappa shape index (κ2) is 6.14. The normalized spacial score (nSPS) is 11.0. The highest BCUT2D eigenvalue weighted by atomic mass is 16.1. The van der Waals surface area contributed by atoms with E-state index in [1.807, 2.05) is 55.5 Å². The zero-order valence-electron chi connectivity index (χ0n) is 13.0. The highest BCUT2D eigenvalue weighted by Gasteiger charge is 2.12. The van der Waals surface area contributed by atoms with Crippen LogP contribution in [-0.4, -0.2) is 9.55 Å². The summed E-state index contributed by atoms with van der Waals surface area (Å²) >= 11 is 0. The zero-order valence-corrected chi connectivity index (χ0v) is 13.0. The molecule has 1 heterocycles. The molecule has 0 amide bonds. The van der Waals surface area contributed by atoms with Crippen LogP contribution in [0.5, 0.6) is 0 Å². The summed E-state index contributed by atoms with van der Waals surface area (Å²) in [5.74, 6) is 0.844. The summed E-state index contributed by atoms with van der Waals surface area (Å²) in [4.78, 5) is 17.7. The number of fused-ring (bicyclic) bond motifs is 1. The molecule has 112 valence electrons. The molecule has 0 radical (unpaired) electrons. The summed E-state index contributed by atoms with van der Waals surface area (Å²) in [6.07, 6.45) is 2.91.